The normalized spacial score (nSPS) is 19.3. The van der Waals surface area contributed by atoms with Crippen LogP contribution in [0.5, 0.6) is 5.75 Å². The largest absolute Gasteiger partial charge is 0.511 e. The van der Waals surface area contributed by atoms with Crippen LogP contribution in [0.2, 0.25) is 5.02 Å². The van der Waals surface area contributed by atoms with E-state index in [2.05, 4.69) is 19.0 Å². The molecule has 2 unspecified atom stereocenters. The van der Waals surface area contributed by atoms with Crippen LogP contribution in [0.1, 0.15) is 59.8 Å². The fourth-order valence-corrected chi connectivity index (χ4v) is 4.84. The molecular weight excluding hydrogens is 434 g/mol. The van der Waals surface area contributed by atoms with Crippen molar-refractivity contribution in [3.05, 3.63) is 40.6 Å². The van der Waals surface area contributed by atoms with Gasteiger partial charge in [0, 0.05) is 23.1 Å². The Morgan fingerprint density at radius 2 is 1.97 bits per heavy atom. The summed E-state index contributed by atoms with van der Waals surface area (Å²) in [6.07, 6.45) is 3.04. The SMILES string of the molecule is CCCC(=NOC[C@@H](C)Oc1ccc(Cl)cc1)C1=C(O)CC(CC(C)SCC)CC1=O. The molecule has 2 rings (SSSR count). The Bertz CT molecular complexity index is 778. The molecule has 0 radical (unpaired) electrons. The Labute approximate surface area is 195 Å². The second-order valence-corrected chi connectivity index (χ2v) is 10.1. The number of carbonyl (C=O) groups excluding carboxylic acids is 1. The maximum Gasteiger partial charge on any atom is 0.168 e. The molecule has 0 amide bonds. The van der Waals surface area contributed by atoms with Crippen LogP contribution < -0.4 is 4.74 Å². The molecular formula is C24H34ClNO4S. The first-order valence-electron chi connectivity index (χ1n) is 11.0. The van der Waals surface area contributed by atoms with Gasteiger partial charge in [0.2, 0.25) is 0 Å². The Kier molecular flexibility index (Phi) is 10.7. The van der Waals surface area contributed by atoms with Crippen molar-refractivity contribution in [1.82, 2.24) is 0 Å². The predicted molar refractivity (Wildman–Crippen MR) is 129 cm³/mol. The summed E-state index contributed by atoms with van der Waals surface area (Å²) in [5.74, 6) is 2.05. The summed E-state index contributed by atoms with van der Waals surface area (Å²) in [5, 5.41) is 16.0. The Morgan fingerprint density at radius 1 is 1.26 bits per heavy atom. The van der Waals surface area contributed by atoms with Crippen molar-refractivity contribution in [1.29, 1.82) is 0 Å². The van der Waals surface area contributed by atoms with E-state index in [1.165, 1.54) is 0 Å². The van der Waals surface area contributed by atoms with Crippen molar-refractivity contribution >= 4 is 34.9 Å². The molecule has 1 aromatic carbocycles. The average molecular weight is 468 g/mol. The molecule has 0 heterocycles. The van der Waals surface area contributed by atoms with Crippen molar-refractivity contribution in [2.75, 3.05) is 12.4 Å². The number of ketones is 1. The fourth-order valence-electron chi connectivity index (χ4n) is 3.74. The summed E-state index contributed by atoms with van der Waals surface area (Å²) in [5.41, 5.74) is 0.873. The zero-order chi connectivity index (χ0) is 22.8. The summed E-state index contributed by atoms with van der Waals surface area (Å²) in [7, 11) is 0. The molecule has 3 atom stereocenters. The second kappa shape index (κ2) is 13.0. The van der Waals surface area contributed by atoms with Crippen LogP contribution in [0.3, 0.4) is 0 Å². The van der Waals surface area contributed by atoms with Gasteiger partial charge in [0.25, 0.3) is 0 Å². The lowest BCUT2D eigenvalue weighted by atomic mass is 9.82. The summed E-state index contributed by atoms with van der Waals surface area (Å²) >= 11 is 7.78. The van der Waals surface area contributed by atoms with Crippen molar-refractivity contribution < 1.29 is 19.5 Å². The first-order valence-corrected chi connectivity index (χ1v) is 12.4. The van der Waals surface area contributed by atoms with Crippen LogP contribution in [0.15, 0.2) is 40.8 Å². The second-order valence-electron chi connectivity index (χ2n) is 7.99. The first kappa shape index (κ1) is 25.6. The van der Waals surface area contributed by atoms with E-state index >= 15 is 0 Å². The van der Waals surface area contributed by atoms with Gasteiger partial charge in [-0.05, 0) is 55.7 Å². The third-order valence-corrected chi connectivity index (χ3v) is 6.40. The monoisotopic (exact) mass is 467 g/mol. The highest BCUT2D eigenvalue weighted by Gasteiger charge is 2.31. The lowest BCUT2D eigenvalue weighted by Gasteiger charge is -2.26. The molecule has 0 aromatic heterocycles. The molecule has 0 saturated heterocycles. The van der Waals surface area contributed by atoms with E-state index in [1.54, 1.807) is 24.3 Å². The fraction of sp³-hybridized carbons (Fsp3) is 0.583. The number of allylic oxidation sites excluding steroid dienone is 2. The Hall–Kier alpha value is -1.66. The topological polar surface area (TPSA) is 68.1 Å². The number of rotatable bonds is 12. The highest BCUT2D eigenvalue weighted by Crippen LogP contribution is 2.32. The van der Waals surface area contributed by atoms with Crippen LogP contribution in [0.4, 0.5) is 0 Å². The minimum absolute atomic E-state index is 0.0382. The quantitative estimate of drug-likeness (QED) is 0.277. The molecule has 1 aromatic rings. The number of Topliss-reactive ketones (excluding diaryl/α,β-unsaturated/α-hetero) is 1. The van der Waals surface area contributed by atoms with Crippen LogP contribution in [-0.2, 0) is 9.63 Å². The van der Waals surface area contributed by atoms with Crippen molar-refractivity contribution in [3.8, 4) is 5.75 Å². The number of aliphatic hydroxyl groups is 1. The van der Waals surface area contributed by atoms with Gasteiger partial charge < -0.3 is 14.7 Å². The predicted octanol–water partition coefficient (Wildman–Crippen LogP) is 6.60. The van der Waals surface area contributed by atoms with Crippen LogP contribution in [0.25, 0.3) is 0 Å². The lowest BCUT2D eigenvalue weighted by molar-refractivity contribution is -0.116. The smallest absolute Gasteiger partial charge is 0.168 e. The zero-order valence-electron chi connectivity index (χ0n) is 18.9. The van der Waals surface area contributed by atoms with Gasteiger partial charge in [-0.3, -0.25) is 4.79 Å². The number of benzene rings is 1. The summed E-state index contributed by atoms with van der Waals surface area (Å²) in [4.78, 5) is 18.4. The number of aliphatic hydroxyl groups excluding tert-OH is 1. The lowest BCUT2D eigenvalue weighted by Crippen LogP contribution is -2.26. The highest BCUT2D eigenvalue weighted by atomic mass is 35.5. The molecule has 7 heteroatoms. The molecule has 0 bridgehead atoms. The minimum atomic E-state index is -0.237. The van der Waals surface area contributed by atoms with Crippen molar-refractivity contribution in [2.45, 2.75) is 71.2 Å². The Morgan fingerprint density at radius 3 is 2.58 bits per heavy atom. The standard InChI is InChI=1S/C24H34ClNO4S/c1-5-7-21(26-29-15-16(3)30-20-10-8-19(25)9-11-20)24-22(27)13-18(14-23(24)28)12-17(4)31-6-2/h8-11,16-18,27H,5-7,12-15H2,1-4H3/t16-,17?,18?/m1/s1. The molecule has 1 aliphatic carbocycles. The molecule has 1 aliphatic rings. The maximum absolute atomic E-state index is 12.8. The van der Waals surface area contributed by atoms with Crippen molar-refractivity contribution in [2.24, 2.45) is 11.1 Å². The van der Waals surface area contributed by atoms with E-state index in [0.717, 1.165) is 18.6 Å². The van der Waals surface area contributed by atoms with Gasteiger partial charge in [0.1, 0.15) is 17.6 Å². The number of nitrogens with zero attached hydrogens (tertiary/aromatic N) is 1. The van der Waals surface area contributed by atoms with Crippen molar-refractivity contribution in [3.63, 3.8) is 0 Å². The van der Waals surface area contributed by atoms with Gasteiger partial charge >= 0.3 is 0 Å². The molecule has 0 spiro atoms. The minimum Gasteiger partial charge on any atom is -0.511 e. The van der Waals surface area contributed by atoms with Gasteiger partial charge in [-0.2, -0.15) is 11.8 Å². The van der Waals surface area contributed by atoms with E-state index < -0.39 is 0 Å². The number of hydrogen-bond donors (Lipinski definition) is 1. The third kappa shape index (κ3) is 8.41. The highest BCUT2D eigenvalue weighted by molar-refractivity contribution is 7.99. The Balaban J connectivity index is 2.00. The molecule has 31 heavy (non-hydrogen) atoms. The van der Waals surface area contributed by atoms with E-state index in [4.69, 9.17) is 21.2 Å². The molecule has 0 saturated carbocycles. The number of hydrogen-bond acceptors (Lipinski definition) is 6. The van der Waals surface area contributed by atoms with E-state index in [1.807, 2.05) is 25.6 Å². The summed E-state index contributed by atoms with van der Waals surface area (Å²) < 4.78 is 5.79. The van der Waals surface area contributed by atoms with Gasteiger partial charge in [-0.15, -0.1) is 0 Å². The average Bonchev–Trinajstić information content (AvgIpc) is 2.69. The van der Waals surface area contributed by atoms with Crippen LogP contribution >= 0.6 is 23.4 Å². The molecule has 172 valence electrons. The van der Waals surface area contributed by atoms with Crippen LogP contribution in [0, 0.1) is 5.92 Å². The first-order chi connectivity index (χ1) is 14.8. The number of halogens is 1. The number of oxime groups is 1. The van der Waals surface area contributed by atoms with Gasteiger partial charge in [0.05, 0.1) is 11.3 Å². The van der Waals surface area contributed by atoms with E-state index in [-0.39, 0.29) is 30.2 Å². The number of ether oxygens (including phenoxy) is 1. The van der Waals surface area contributed by atoms with E-state index in [9.17, 15) is 9.90 Å². The van der Waals surface area contributed by atoms with Gasteiger partial charge in [-0.25, -0.2) is 0 Å². The molecule has 0 aliphatic heterocycles. The van der Waals surface area contributed by atoms with E-state index in [0.29, 0.717) is 46.6 Å². The molecule has 1 N–H and O–H groups in total. The maximum atomic E-state index is 12.8. The number of thioether (sulfide) groups is 1. The van der Waals surface area contributed by atoms with Gasteiger partial charge in [-0.1, -0.05) is 43.9 Å². The van der Waals surface area contributed by atoms with Gasteiger partial charge in [0.15, 0.2) is 12.4 Å². The molecule has 0 fully saturated rings. The summed E-state index contributed by atoms with van der Waals surface area (Å²) in [6.45, 7) is 8.44. The summed E-state index contributed by atoms with van der Waals surface area (Å²) in [6, 6.07) is 7.12. The third-order valence-electron chi connectivity index (χ3n) is 5.05. The van der Waals surface area contributed by atoms with Crippen LogP contribution in [-0.4, -0.2) is 40.3 Å². The molecule has 5 nitrogen and oxygen atoms in total. The zero-order valence-corrected chi connectivity index (χ0v) is 20.5. The number of carbonyl (C=O) groups is 1.